The first-order valence-corrected chi connectivity index (χ1v) is 7.14. The predicted molar refractivity (Wildman–Crippen MR) is 69.6 cm³/mol. The minimum absolute atomic E-state index is 0.749. The van der Waals surface area contributed by atoms with E-state index >= 15 is 0 Å². The van der Waals surface area contributed by atoms with Gasteiger partial charge in [-0.1, -0.05) is 6.92 Å². The highest BCUT2D eigenvalue weighted by molar-refractivity contribution is 4.84. The van der Waals surface area contributed by atoms with Gasteiger partial charge in [-0.05, 0) is 57.9 Å². The van der Waals surface area contributed by atoms with Crippen LogP contribution in [0.1, 0.15) is 46.5 Å². The molecule has 1 saturated heterocycles. The van der Waals surface area contributed by atoms with E-state index in [0.717, 1.165) is 23.9 Å². The highest BCUT2D eigenvalue weighted by atomic mass is 15.2. The second kappa shape index (κ2) is 5.50. The summed E-state index contributed by atoms with van der Waals surface area (Å²) in [6.45, 7) is 10.9. The second-order valence-corrected chi connectivity index (χ2v) is 6.09. The largest absolute Gasteiger partial charge is 0.313 e. The lowest BCUT2D eigenvalue weighted by molar-refractivity contribution is 0.129. The molecular formula is C14H28N2. The summed E-state index contributed by atoms with van der Waals surface area (Å²) in [5.74, 6) is 1.92. The van der Waals surface area contributed by atoms with Gasteiger partial charge in [-0.15, -0.1) is 0 Å². The maximum atomic E-state index is 3.68. The zero-order valence-corrected chi connectivity index (χ0v) is 11.2. The Morgan fingerprint density at radius 3 is 2.62 bits per heavy atom. The van der Waals surface area contributed by atoms with Gasteiger partial charge in [0.2, 0.25) is 0 Å². The van der Waals surface area contributed by atoms with Crippen molar-refractivity contribution in [1.82, 2.24) is 10.2 Å². The summed E-state index contributed by atoms with van der Waals surface area (Å²) < 4.78 is 0. The molecule has 3 atom stereocenters. The first-order valence-electron chi connectivity index (χ1n) is 7.14. The first kappa shape index (κ1) is 12.4. The van der Waals surface area contributed by atoms with Gasteiger partial charge in [0.15, 0.2) is 0 Å². The number of piperidine rings is 1. The van der Waals surface area contributed by atoms with Gasteiger partial charge >= 0.3 is 0 Å². The van der Waals surface area contributed by atoms with Crippen LogP contribution in [0.5, 0.6) is 0 Å². The second-order valence-electron chi connectivity index (χ2n) is 6.09. The minimum Gasteiger partial charge on any atom is -0.313 e. The van der Waals surface area contributed by atoms with Crippen LogP contribution in [0, 0.1) is 11.8 Å². The van der Waals surface area contributed by atoms with Crippen molar-refractivity contribution < 1.29 is 0 Å². The average Bonchev–Trinajstić information content (AvgIpc) is 3.04. The maximum absolute atomic E-state index is 3.68. The molecule has 0 aromatic carbocycles. The standard InChI is InChI=1S/C14H28N2/c1-11-6-8-16(12(2)10-11)9-7-15-13(3)14-4-5-14/h11-15H,4-10H2,1-3H3. The molecule has 1 N–H and O–H groups in total. The topological polar surface area (TPSA) is 15.3 Å². The number of rotatable bonds is 5. The van der Waals surface area contributed by atoms with E-state index in [-0.39, 0.29) is 0 Å². The van der Waals surface area contributed by atoms with Crippen LogP contribution in [0.4, 0.5) is 0 Å². The highest BCUT2D eigenvalue weighted by Crippen LogP contribution is 2.32. The summed E-state index contributed by atoms with van der Waals surface area (Å²) in [6.07, 6.45) is 5.68. The Balaban J connectivity index is 1.61. The van der Waals surface area contributed by atoms with Crippen LogP contribution in [0.2, 0.25) is 0 Å². The van der Waals surface area contributed by atoms with Crippen molar-refractivity contribution in [2.75, 3.05) is 19.6 Å². The third-order valence-electron chi connectivity index (χ3n) is 4.47. The Morgan fingerprint density at radius 1 is 1.25 bits per heavy atom. The number of nitrogens with zero attached hydrogens (tertiary/aromatic N) is 1. The molecule has 0 amide bonds. The smallest absolute Gasteiger partial charge is 0.0110 e. The molecule has 16 heavy (non-hydrogen) atoms. The SMILES string of the molecule is CC1CCN(CCNC(C)C2CC2)C(C)C1. The van der Waals surface area contributed by atoms with Crippen molar-refractivity contribution in [1.29, 1.82) is 0 Å². The van der Waals surface area contributed by atoms with E-state index in [9.17, 15) is 0 Å². The van der Waals surface area contributed by atoms with Gasteiger partial charge in [0.05, 0.1) is 0 Å². The molecule has 0 aromatic heterocycles. The Hall–Kier alpha value is -0.0800. The zero-order valence-electron chi connectivity index (χ0n) is 11.2. The minimum atomic E-state index is 0.749. The molecule has 3 unspecified atom stereocenters. The molecule has 0 spiro atoms. The molecule has 0 radical (unpaired) electrons. The molecule has 2 fully saturated rings. The Bertz CT molecular complexity index is 213. The quantitative estimate of drug-likeness (QED) is 0.772. The van der Waals surface area contributed by atoms with E-state index in [1.54, 1.807) is 0 Å². The molecule has 94 valence electrons. The summed E-state index contributed by atoms with van der Waals surface area (Å²) in [7, 11) is 0. The van der Waals surface area contributed by atoms with Crippen LogP contribution in [-0.2, 0) is 0 Å². The van der Waals surface area contributed by atoms with Gasteiger partial charge in [-0.2, -0.15) is 0 Å². The summed E-state index contributed by atoms with van der Waals surface area (Å²) >= 11 is 0. The fraction of sp³-hybridized carbons (Fsp3) is 1.00. The molecule has 2 heteroatoms. The van der Waals surface area contributed by atoms with Crippen LogP contribution in [0.25, 0.3) is 0 Å². The summed E-state index contributed by atoms with van der Waals surface area (Å²) in [5, 5.41) is 3.68. The number of hydrogen-bond donors (Lipinski definition) is 1. The normalized spacial score (nSPS) is 33.9. The molecule has 1 saturated carbocycles. The maximum Gasteiger partial charge on any atom is 0.0110 e. The fourth-order valence-corrected chi connectivity index (χ4v) is 2.99. The Labute approximate surface area is 101 Å². The third-order valence-corrected chi connectivity index (χ3v) is 4.47. The molecule has 1 heterocycles. The number of likely N-dealkylation sites (tertiary alicyclic amines) is 1. The van der Waals surface area contributed by atoms with E-state index in [4.69, 9.17) is 0 Å². The van der Waals surface area contributed by atoms with Gasteiger partial charge in [-0.25, -0.2) is 0 Å². The molecule has 0 aromatic rings. The van der Waals surface area contributed by atoms with Gasteiger partial charge in [-0.3, -0.25) is 4.90 Å². The van der Waals surface area contributed by atoms with E-state index in [1.165, 1.54) is 45.3 Å². The molecule has 0 bridgehead atoms. The van der Waals surface area contributed by atoms with Crippen molar-refractivity contribution in [3.8, 4) is 0 Å². The van der Waals surface area contributed by atoms with Crippen molar-refractivity contribution in [3.05, 3.63) is 0 Å². The Morgan fingerprint density at radius 2 is 2.00 bits per heavy atom. The lowest BCUT2D eigenvalue weighted by Gasteiger charge is -2.36. The molecule has 1 aliphatic carbocycles. The molecule has 2 rings (SSSR count). The lowest BCUT2D eigenvalue weighted by atomic mass is 9.93. The lowest BCUT2D eigenvalue weighted by Crippen LogP contribution is -2.44. The average molecular weight is 224 g/mol. The van der Waals surface area contributed by atoms with E-state index in [2.05, 4.69) is 31.0 Å². The van der Waals surface area contributed by atoms with Crippen LogP contribution in [-0.4, -0.2) is 36.6 Å². The van der Waals surface area contributed by atoms with Crippen molar-refractivity contribution in [2.45, 2.75) is 58.5 Å². The molecule has 2 nitrogen and oxygen atoms in total. The Kier molecular flexibility index (Phi) is 4.26. The summed E-state index contributed by atoms with van der Waals surface area (Å²) in [5.41, 5.74) is 0. The predicted octanol–water partition coefficient (Wildman–Crippen LogP) is 2.49. The zero-order chi connectivity index (χ0) is 11.5. The van der Waals surface area contributed by atoms with Crippen molar-refractivity contribution in [3.63, 3.8) is 0 Å². The van der Waals surface area contributed by atoms with Crippen LogP contribution >= 0.6 is 0 Å². The van der Waals surface area contributed by atoms with Crippen LogP contribution in [0.15, 0.2) is 0 Å². The molecule has 1 aliphatic heterocycles. The van der Waals surface area contributed by atoms with Gasteiger partial charge < -0.3 is 5.32 Å². The van der Waals surface area contributed by atoms with Crippen molar-refractivity contribution >= 4 is 0 Å². The molecule has 2 aliphatic rings. The molecular weight excluding hydrogens is 196 g/mol. The van der Waals surface area contributed by atoms with Gasteiger partial charge in [0.25, 0.3) is 0 Å². The first-order chi connectivity index (χ1) is 7.66. The van der Waals surface area contributed by atoms with Gasteiger partial charge in [0, 0.05) is 25.2 Å². The monoisotopic (exact) mass is 224 g/mol. The third kappa shape index (κ3) is 3.46. The number of nitrogens with one attached hydrogen (secondary N) is 1. The number of hydrogen-bond acceptors (Lipinski definition) is 2. The van der Waals surface area contributed by atoms with Crippen LogP contribution in [0.3, 0.4) is 0 Å². The van der Waals surface area contributed by atoms with E-state index in [1.807, 2.05) is 0 Å². The van der Waals surface area contributed by atoms with E-state index in [0.29, 0.717) is 0 Å². The fourth-order valence-electron chi connectivity index (χ4n) is 2.99. The van der Waals surface area contributed by atoms with Crippen LogP contribution < -0.4 is 5.32 Å². The van der Waals surface area contributed by atoms with Gasteiger partial charge in [0.1, 0.15) is 0 Å². The summed E-state index contributed by atoms with van der Waals surface area (Å²) in [6, 6.07) is 1.54. The van der Waals surface area contributed by atoms with Crippen molar-refractivity contribution in [2.24, 2.45) is 11.8 Å². The van der Waals surface area contributed by atoms with E-state index < -0.39 is 0 Å². The highest BCUT2D eigenvalue weighted by Gasteiger charge is 2.28. The summed E-state index contributed by atoms with van der Waals surface area (Å²) in [4.78, 5) is 2.66.